The highest BCUT2D eigenvalue weighted by Gasteiger charge is 2.54. The van der Waals surface area contributed by atoms with Crippen LogP contribution in [0.5, 0.6) is 0 Å². The predicted molar refractivity (Wildman–Crippen MR) is 98.9 cm³/mol. The van der Waals surface area contributed by atoms with Crippen LogP contribution in [-0.4, -0.2) is 91.3 Å². The molecule has 0 spiro atoms. The second kappa shape index (κ2) is 7.71. The summed E-state index contributed by atoms with van der Waals surface area (Å²) in [6.45, 7) is 0. The Morgan fingerprint density at radius 2 is 2.14 bits per heavy atom. The zero-order valence-electron chi connectivity index (χ0n) is 14.7. The fraction of sp³-hybridized carbons (Fsp3) is 0.538. The molecule has 0 saturated carbocycles. The second-order valence-corrected chi connectivity index (χ2v) is 10.3. The summed E-state index contributed by atoms with van der Waals surface area (Å²) in [5, 5.41) is 22.9. The molecule has 1 saturated heterocycles. The molecule has 1 aromatic heterocycles. The molecule has 2 N–H and O–H groups in total. The van der Waals surface area contributed by atoms with Crippen LogP contribution in [-0.2, 0) is 31.3 Å². The van der Waals surface area contributed by atoms with Crippen molar-refractivity contribution < 1.29 is 27.9 Å². The van der Waals surface area contributed by atoms with E-state index in [1.165, 1.54) is 28.2 Å². The fourth-order valence-corrected chi connectivity index (χ4v) is 5.64. The number of carboxylic acid groups (broad SMARTS) is 1. The van der Waals surface area contributed by atoms with Gasteiger partial charge in [0, 0.05) is 24.8 Å². The third kappa shape index (κ3) is 4.15. The molecular weight excluding hydrogens is 432 g/mol. The number of carboxylic acids is 1. The summed E-state index contributed by atoms with van der Waals surface area (Å²) >= 11 is 2.55. The molecule has 152 valence electrons. The van der Waals surface area contributed by atoms with Crippen LogP contribution in [0, 0.1) is 0 Å². The molecule has 2 atom stereocenters. The minimum absolute atomic E-state index is 0.120. The quantitative estimate of drug-likeness (QED) is 0.353. The van der Waals surface area contributed by atoms with Gasteiger partial charge in [0.1, 0.15) is 22.9 Å². The number of nitrogens with zero attached hydrogens (tertiary/aromatic N) is 5. The Morgan fingerprint density at radius 3 is 2.71 bits per heavy atom. The molecular formula is C13H16N6O6S3. The van der Waals surface area contributed by atoms with E-state index in [1.54, 1.807) is 7.05 Å². The van der Waals surface area contributed by atoms with E-state index in [0.29, 0.717) is 16.5 Å². The maximum Gasteiger partial charge on any atom is 0.352 e. The van der Waals surface area contributed by atoms with Gasteiger partial charge in [-0.15, -0.1) is 16.9 Å². The van der Waals surface area contributed by atoms with Crippen molar-refractivity contribution in [2.24, 2.45) is 7.05 Å². The number of hydrogen-bond acceptors (Lipinski definition) is 10. The summed E-state index contributed by atoms with van der Waals surface area (Å²) in [6, 6.07) is -0.953. The number of rotatable bonds is 7. The number of aromatic nitrogens is 4. The maximum atomic E-state index is 12.5. The molecule has 0 aliphatic carbocycles. The van der Waals surface area contributed by atoms with Gasteiger partial charge in [0.25, 0.3) is 5.91 Å². The van der Waals surface area contributed by atoms with E-state index in [2.05, 4.69) is 20.8 Å². The van der Waals surface area contributed by atoms with E-state index in [-0.39, 0.29) is 11.4 Å². The Hall–Kier alpha value is -2.13. The van der Waals surface area contributed by atoms with Crippen LogP contribution in [0.15, 0.2) is 16.4 Å². The summed E-state index contributed by atoms with van der Waals surface area (Å²) in [7, 11) is -1.88. The summed E-state index contributed by atoms with van der Waals surface area (Å²) in [5.41, 5.74) is 0.418. The number of amides is 2. The van der Waals surface area contributed by atoms with Crippen molar-refractivity contribution in [3.63, 3.8) is 0 Å². The first-order valence-corrected chi connectivity index (χ1v) is 11.9. The van der Waals surface area contributed by atoms with Gasteiger partial charge >= 0.3 is 5.97 Å². The first-order chi connectivity index (χ1) is 13.1. The number of aliphatic carboxylic acids is 1. The van der Waals surface area contributed by atoms with E-state index in [4.69, 9.17) is 0 Å². The zero-order valence-corrected chi connectivity index (χ0v) is 17.2. The average molecular weight is 449 g/mol. The normalized spacial score (nSPS) is 21.9. The molecule has 2 aliphatic rings. The lowest BCUT2D eigenvalue weighted by molar-refractivity contribution is -0.150. The summed E-state index contributed by atoms with van der Waals surface area (Å²) < 4.78 is 23.9. The van der Waals surface area contributed by atoms with Crippen molar-refractivity contribution in [2.75, 3.05) is 23.5 Å². The van der Waals surface area contributed by atoms with E-state index in [0.717, 1.165) is 11.2 Å². The van der Waals surface area contributed by atoms with Gasteiger partial charge in [0.15, 0.2) is 9.84 Å². The number of hydrogen-bond donors (Lipinski definition) is 2. The Labute approximate surface area is 168 Å². The van der Waals surface area contributed by atoms with Crippen LogP contribution in [0.1, 0.15) is 0 Å². The standard InChI is InChI=1S/C13H16N6O6S3/c1-18-13(15-16-17-18)27-4-6-3-26-11-8(14-7(20)5-28(2,24)25)10(21)19(11)9(6)12(22)23/h8,11H,3-5H2,1-2H3,(H,14,20)(H,22,23)/t8?,11-/m1/s1. The lowest BCUT2D eigenvalue weighted by Crippen LogP contribution is -2.70. The first-order valence-electron chi connectivity index (χ1n) is 7.80. The van der Waals surface area contributed by atoms with Gasteiger partial charge in [0.2, 0.25) is 11.1 Å². The largest absolute Gasteiger partial charge is 0.477 e. The number of carbonyl (C=O) groups is 3. The number of thioether (sulfide) groups is 2. The van der Waals surface area contributed by atoms with Crippen LogP contribution in [0.4, 0.5) is 0 Å². The van der Waals surface area contributed by atoms with Gasteiger partial charge < -0.3 is 10.4 Å². The summed E-state index contributed by atoms with van der Waals surface area (Å²) in [6.07, 6.45) is 0.915. The summed E-state index contributed by atoms with van der Waals surface area (Å²) in [4.78, 5) is 37.2. The van der Waals surface area contributed by atoms with Crippen molar-refractivity contribution in [2.45, 2.75) is 16.6 Å². The zero-order chi connectivity index (χ0) is 20.6. The van der Waals surface area contributed by atoms with E-state index >= 15 is 0 Å². The van der Waals surface area contributed by atoms with Crippen molar-refractivity contribution in [1.82, 2.24) is 30.4 Å². The number of nitrogens with one attached hydrogen (secondary N) is 1. The first kappa shape index (κ1) is 20.6. The Bertz CT molecular complexity index is 973. The summed E-state index contributed by atoms with van der Waals surface area (Å²) in [5.74, 6) is -2.73. The molecule has 1 fully saturated rings. The van der Waals surface area contributed by atoms with Crippen LogP contribution in [0.2, 0.25) is 0 Å². The molecule has 0 bridgehead atoms. The highest BCUT2D eigenvalue weighted by Crippen LogP contribution is 2.41. The molecule has 0 radical (unpaired) electrons. The van der Waals surface area contributed by atoms with Crippen LogP contribution < -0.4 is 5.32 Å². The molecule has 28 heavy (non-hydrogen) atoms. The average Bonchev–Trinajstić information content (AvgIpc) is 3.00. The molecule has 0 aromatic carbocycles. The third-order valence-corrected chi connectivity index (χ3v) is 7.14. The highest BCUT2D eigenvalue weighted by atomic mass is 32.2. The highest BCUT2D eigenvalue weighted by molar-refractivity contribution is 8.01. The van der Waals surface area contributed by atoms with Gasteiger partial charge in [-0.1, -0.05) is 11.8 Å². The van der Waals surface area contributed by atoms with Crippen molar-refractivity contribution >= 4 is 51.1 Å². The van der Waals surface area contributed by atoms with E-state index in [9.17, 15) is 27.9 Å². The number of tetrazole rings is 1. The lowest BCUT2D eigenvalue weighted by atomic mass is 10.0. The van der Waals surface area contributed by atoms with E-state index < -0.39 is 44.8 Å². The van der Waals surface area contributed by atoms with Gasteiger partial charge in [0.05, 0.1) is 0 Å². The monoisotopic (exact) mass is 448 g/mol. The van der Waals surface area contributed by atoms with E-state index in [1.807, 2.05) is 0 Å². The van der Waals surface area contributed by atoms with Crippen LogP contribution >= 0.6 is 23.5 Å². The van der Waals surface area contributed by atoms with Crippen molar-refractivity contribution in [3.8, 4) is 0 Å². The van der Waals surface area contributed by atoms with Crippen LogP contribution in [0.3, 0.4) is 0 Å². The lowest BCUT2D eigenvalue weighted by Gasteiger charge is -2.49. The van der Waals surface area contributed by atoms with Gasteiger partial charge in [-0.25, -0.2) is 17.9 Å². The topological polar surface area (TPSA) is 164 Å². The molecule has 2 aliphatic heterocycles. The molecule has 15 heteroatoms. The number of sulfone groups is 1. The van der Waals surface area contributed by atoms with Crippen molar-refractivity contribution in [3.05, 3.63) is 11.3 Å². The number of fused-ring (bicyclic) bond motifs is 1. The smallest absolute Gasteiger partial charge is 0.352 e. The molecule has 12 nitrogen and oxygen atoms in total. The number of aryl methyl sites for hydroxylation is 1. The van der Waals surface area contributed by atoms with Gasteiger partial charge in [-0.05, 0) is 16.0 Å². The van der Waals surface area contributed by atoms with Crippen molar-refractivity contribution in [1.29, 1.82) is 0 Å². The molecule has 3 heterocycles. The van der Waals surface area contributed by atoms with Gasteiger partial charge in [-0.2, -0.15) is 0 Å². The Balaban J connectivity index is 1.73. The van der Waals surface area contributed by atoms with Gasteiger partial charge in [-0.3, -0.25) is 14.5 Å². The fourth-order valence-electron chi connectivity index (χ4n) is 2.74. The Kier molecular flexibility index (Phi) is 5.67. The minimum atomic E-state index is -3.53. The second-order valence-electron chi connectivity index (χ2n) is 6.16. The van der Waals surface area contributed by atoms with Crippen LogP contribution in [0.25, 0.3) is 0 Å². The Morgan fingerprint density at radius 1 is 1.43 bits per heavy atom. The molecule has 2 amide bonds. The molecule has 1 aromatic rings. The third-order valence-electron chi connectivity index (χ3n) is 3.92. The predicted octanol–water partition coefficient (Wildman–Crippen LogP) is -1.91. The SMILES string of the molecule is Cn1nnnc1SCC1=C(C(=O)O)N2C(=O)C(NC(=O)CS(C)(=O)=O)[C@H]2SC1. The number of carbonyl (C=O) groups excluding carboxylic acids is 2. The molecule has 3 rings (SSSR count). The number of β-lactam (4-membered cyclic amide) rings is 1. The maximum absolute atomic E-state index is 12.5. The minimum Gasteiger partial charge on any atom is -0.477 e. The molecule has 1 unspecified atom stereocenters.